The van der Waals surface area contributed by atoms with Gasteiger partial charge in [0.25, 0.3) is 0 Å². The lowest BCUT2D eigenvalue weighted by Gasteiger charge is -2.34. The van der Waals surface area contributed by atoms with E-state index in [1.54, 1.807) is 12.1 Å². The van der Waals surface area contributed by atoms with Crippen molar-refractivity contribution in [2.45, 2.75) is 44.0 Å². The summed E-state index contributed by atoms with van der Waals surface area (Å²) >= 11 is 0. The van der Waals surface area contributed by atoms with E-state index in [4.69, 9.17) is 9.47 Å². The van der Waals surface area contributed by atoms with E-state index in [1.807, 2.05) is 0 Å². The molecule has 0 amide bonds. The fourth-order valence-corrected chi connectivity index (χ4v) is 4.55. The third-order valence-corrected chi connectivity index (χ3v) is 6.18. The molecular weight excluding hydrogens is 302 g/mol. The fourth-order valence-electron chi connectivity index (χ4n) is 3.01. The molecule has 0 bridgehead atoms. The van der Waals surface area contributed by atoms with Gasteiger partial charge in [-0.3, -0.25) is 0 Å². The van der Waals surface area contributed by atoms with Gasteiger partial charge in [-0.2, -0.15) is 0 Å². The van der Waals surface area contributed by atoms with Gasteiger partial charge in [-0.1, -0.05) is 26.7 Å². The predicted molar refractivity (Wildman–Crippen MR) is 85.8 cm³/mol. The van der Waals surface area contributed by atoms with Gasteiger partial charge in [0.15, 0.2) is 0 Å². The lowest BCUT2D eigenvalue weighted by atomic mass is 9.78. The first-order valence-electron chi connectivity index (χ1n) is 7.63. The minimum absolute atomic E-state index is 0.0374. The second-order valence-corrected chi connectivity index (χ2v) is 7.69. The van der Waals surface area contributed by atoms with Gasteiger partial charge in [0, 0.05) is 12.1 Å². The number of nitrogens with one attached hydrogen (secondary N) is 1. The largest absolute Gasteiger partial charge is 0.497 e. The van der Waals surface area contributed by atoms with Crippen LogP contribution in [0, 0.1) is 11.8 Å². The molecule has 1 aromatic carbocycles. The highest BCUT2D eigenvalue weighted by Gasteiger charge is 2.32. The van der Waals surface area contributed by atoms with Crippen LogP contribution in [0.4, 0.5) is 0 Å². The van der Waals surface area contributed by atoms with E-state index in [0.717, 1.165) is 19.3 Å². The summed E-state index contributed by atoms with van der Waals surface area (Å²) in [4.78, 5) is 0.125. The lowest BCUT2D eigenvalue weighted by Crippen LogP contribution is -2.43. The molecule has 124 valence electrons. The maximum absolute atomic E-state index is 12.8. The topological polar surface area (TPSA) is 64.6 Å². The summed E-state index contributed by atoms with van der Waals surface area (Å²) in [5.74, 6) is 1.66. The molecule has 6 heteroatoms. The van der Waals surface area contributed by atoms with Gasteiger partial charge in [0.2, 0.25) is 10.0 Å². The third kappa shape index (κ3) is 3.55. The molecule has 1 fully saturated rings. The summed E-state index contributed by atoms with van der Waals surface area (Å²) in [6.45, 7) is 4.29. The van der Waals surface area contributed by atoms with Crippen molar-refractivity contribution in [1.82, 2.24) is 4.72 Å². The standard InChI is InChI=1S/C16H25NO4S/c1-11-6-5-7-14(12(11)2)17-22(18,19)16-10-13(20-3)8-9-15(16)21-4/h8-12,14,17H,5-7H2,1-4H3/t11-,12+,14-/m1/s1. The molecule has 0 radical (unpaired) electrons. The monoisotopic (exact) mass is 327 g/mol. The zero-order chi connectivity index (χ0) is 16.3. The van der Waals surface area contributed by atoms with E-state index in [9.17, 15) is 8.42 Å². The average Bonchev–Trinajstić information content (AvgIpc) is 2.51. The van der Waals surface area contributed by atoms with Crippen molar-refractivity contribution >= 4 is 10.0 Å². The Balaban J connectivity index is 2.30. The molecule has 1 aliphatic carbocycles. The summed E-state index contributed by atoms with van der Waals surface area (Å²) < 4.78 is 38.7. The maximum atomic E-state index is 12.8. The van der Waals surface area contributed by atoms with Crippen LogP contribution in [0.3, 0.4) is 0 Å². The van der Waals surface area contributed by atoms with Gasteiger partial charge in [-0.05, 0) is 30.4 Å². The molecule has 1 saturated carbocycles. The Labute approximate surface area is 133 Å². The van der Waals surface area contributed by atoms with E-state index < -0.39 is 10.0 Å². The van der Waals surface area contributed by atoms with Gasteiger partial charge < -0.3 is 9.47 Å². The van der Waals surface area contributed by atoms with E-state index in [2.05, 4.69) is 18.6 Å². The van der Waals surface area contributed by atoms with Crippen LogP contribution >= 0.6 is 0 Å². The SMILES string of the molecule is COc1ccc(OC)c(S(=O)(=O)N[C@@H]2CCC[C@@H](C)[C@@H]2C)c1. The van der Waals surface area contributed by atoms with Gasteiger partial charge in [0.1, 0.15) is 16.4 Å². The van der Waals surface area contributed by atoms with E-state index in [0.29, 0.717) is 23.3 Å². The van der Waals surface area contributed by atoms with Gasteiger partial charge in [-0.25, -0.2) is 13.1 Å². The molecule has 0 unspecified atom stereocenters. The number of methoxy groups -OCH3 is 2. The van der Waals surface area contributed by atoms with Crippen LogP contribution in [0.5, 0.6) is 11.5 Å². The quantitative estimate of drug-likeness (QED) is 0.903. The van der Waals surface area contributed by atoms with Gasteiger partial charge in [-0.15, -0.1) is 0 Å². The number of benzene rings is 1. The Morgan fingerprint density at radius 1 is 1.14 bits per heavy atom. The third-order valence-electron chi connectivity index (χ3n) is 4.67. The molecule has 22 heavy (non-hydrogen) atoms. The van der Waals surface area contributed by atoms with Crippen LogP contribution in [0.1, 0.15) is 33.1 Å². The van der Waals surface area contributed by atoms with Crippen LogP contribution in [-0.4, -0.2) is 28.7 Å². The molecule has 3 atom stereocenters. The molecule has 1 aliphatic rings. The van der Waals surface area contributed by atoms with Gasteiger partial charge >= 0.3 is 0 Å². The molecule has 0 aliphatic heterocycles. The second-order valence-electron chi connectivity index (χ2n) is 6.01. The van der Waals surface area contributed by atoms with Crippen LogP contribution in [0.25, 0.3) is 0 Å². The molecule has 1 N–H and O–H groups in total. The number of hydrogen-bond acceptors (Lipinski definition) is 4. The first kappa shape index (κ1) is 17.1. The van der Waals surface area contributed by atoms with Crippen molar-refractivity contribution in [2.75, 3.05) is 14.2 Å². The summed E-state index contributed by atoms with van der Waals surface area (Å²) in [5.41, 5.74) is 0. The first-order valence-corrected chi connectivity index (χ1v) is 9.11. The van der Waals surface area contributed by atoms with E-state index in [-0.39, 0.29) is 10.9 Å². The Morgan fingerprint density at radius 2 is 1.86 bits per heavy atom. The van der Waals surface area contributed by atoms with Crippen molar-refractivity contribution in [2.24, 2.45) is 11.8 Å². The summed E-state index contributed by atoms with van der Waals surface area (Å²) in [7, 11) is -0.672. The predicted octanol–water partition coefficient (Wildman–Crippen LogP) is 2.81. The summed E-state index contributed by atoms with van der Waals surface area (Å²) in [6, 6.07) is 4.76. The Hall–Kier alpha value is -1.27. The van der Waals surface area contributed by atoms with Crippen LogP contribution in [0.15, 0.2) is 23.1 Å². The Morgan fingerprint density at radius 3 is 2.50 bits per heavy atom. The molecular formula is C16H25NO4S. The van der Waals surface area contributed by atoms with Crippen molar-refractivity contribution in [3.63, 3.8) is 0 Å². The zero-order valence-corrected chi connectivity index (χ0v) is 14.4. The Kier molecular flexibility index (Phi) is 5.34. The first-order chi connectivity index (χ1) is 10.4. The van der Waals surface area contributed by atoms with Crippen LogP contribution in [-0.2, 0) is 10.0 Å². The van der Waals surface area contributed by atoms with Crippen molar-refractivity contribution < 1.29 is 17.9 Å². The van der Waals surface area contributed by atoms with Gasteiger partial charge in [0.05, 0.1) is 14.2 Å². The highest BCUT2D eigenvalue weighted by Crippen LogP contribution is 2.32. The zero-order valence-electron chi connectivity index (χ0n) is 13.6. The normalized spacial score (nSPS) is 25.7. The molecule has 2 rings (SSSR count). The number of sulfonamides is 1. The molecule has 5 nitrogen and oxygen atoms in total. The fraction of sp³-hybridized carbons (Fsp3) is 0.625. The van der Waals surface area contributed by atoms with Crippen molar-refractivity contribution in [3.8, 4) is 11.5 Å². The van der Waals surface area contributed by atoms with Crippen LogP contribution in [0.2, 0.25) is 0 Å². The molecule has 0 aromatic heterocycles. The second kappa shape index (κ2) is 6.87. The van der Waals surface area contributed by atoms with Crippen molar-refractivity contribution in [1.29, 1.82) is 0 Å². The lowest BCUT2D eigenvalue weighted by molar-refractivity contribution is 0.226. The highest BCUT2D eigenvalue weighted by molar-refractivity contribution is 7.89. The summed E-state index contributed by atoms with van der Waals surface area (Å²) in [5, 5.41) is 0. The molecule has 0 saturated heterocycles. The average molecular weight is 327 g/mol. The smallest absolute Gasteiger partial charge is 0.244 e. The van der Waals surface area contributed by atoms with E-state index >= 15 is 0 Å². The molecule has 0 spiro atoms. The molecule has 1 aromatic rings. The van der Waals surface area contributed by atoms with Crippen molar-refractivity contribution in [3.05, 3.63) is 18.2 Å². The van der Waals surface area contributed by atoms with Crippen LogP contribution < -0.4 is 14.2 Å². The number of rotatable bonds is 5. The summed E-state index contributed by atoms with van der Waals surface area (Å²) in [6.07, 6.45) is 3.08. The van der Waals surface area contributed by atoms with E-state index in [1.165, 1.54) is 20.3 Å². The molecule has 0 heterocycles. The number of hydrogen-bond donors (Lipinski definition) is 1. The highest BCUT2D eigenvalue weighted by atomic mass is 32.2. The minimum atomic E-state index is -3.65. The number of ether oxygens (including phenoxy) is 2. The maximum Gasteiger partial charge on any atom is 0.244 e. The Bertz CT molecular complexity index is 615. The minimum Gasteiger partial charge on any atom is -0.497 e.